The number of anilines is 1. The topological polar surface area (TPSA) is 148 Å². The number of nitrogen functional groups attached to an aromatic ring is 1. The third-order valence-corrected chi connectivity index (χ3v) is 6.04. The first-order chi connectivity index (χ1) is 18.2. The first kappa shape index (κ1) is 28.5. The van der Waals surface area contributed by atoms with Crippen LogP contribution in [0, 0.1) is 18.3 Å². The lowest BCUT2D eigenvalue weighted by Gasteiger charge is -2.33. The Morgan fingerprint density at radius 2 is 2.05 bits per heavy atom. The molecule has 1 amide bonds. The number of aryl methyl sites for hydroxylation is 2. The zero-order chi connectivity index (χ0) is 27.9. The van der Waals surface area contributed by atoms with E-state index in [-0.39, 0.29) is 24.6 Å². The van der Waals surface area contributed by atoms with Crippen molar-refractivity contribution in [3.05, 3.63) is 60.1 Å². The Balaban J connectivity index is 2.19. The standard InChI is InChI=1S/C28H34N6O4/c1-6-14-38-27(37-5)28(3,4)33-26(36)20(16-29)15-21-22(19-10-8-18(2)9-11-19)23-24(30)31-17-32-25(23)34(21)12-7-13-35/h6,8-11,15,17,27,35H,1,7,12-14H2,2-5H3,(H,33,36)(H2,30,31,32)/b20-15+. The SMILES string of the molecule is C=CCOC(OC)C(C)(C)NC(=O)/C(C#N)=C/c1c(-c2ccc(C)cc2)c2c(N)ncnc2n1CCCO. The monoisotopic (exact) mass is 518 g/mol. The minimum absolute atomic E-state index is 0.0494. The lowest BCUT2D eigenvalue weighted by molar-refractivity contribution is -0.161. The van der Waals surface area contributed by atoms with Gasteiger partial charge < -0.3 is 30.2 Å². The number of nitriles is 1. The number of aliphatic hydroxyl groups is 1. The van der Waals surface area contributed by atoms with Gasteiger partial charge in [0.05, 0.1) is 23.2 Å². The third-order valence-electron chi connectivity index (χ3n) is 6.04. The van der Waals surface area contributed by atoms with Crippen LogP contribution < -0.4 is 11.1 Å². The molecule has 4 N–H and O–H groups in total. The number of carbonyl (C=O) groups is 1. The van der Waals surface area contributed by atoms with Crippen molar-refractivity contribution < 1.29 is 19.4 Å². The molecular formula is C28H34N6O4. The van der Waals surface area contributed by atoms with Crippen LogP contribution in [0.4, 0.5) is 5.82 Å². The molecule has 0 aliphatic heterocycles. The highest BCUT2D eigenvalue weighted by Gasteiger charge is 2.33. The molecule has 1 atom stereocenters. The van der Waals surface area contributed by atoms with E-state index in [1.54, 1.807) is 19.9 Å². The van der Waals surface area contributed by atoms with Crippen molar-refractivity contribution in [2.45, 2.75) is 45.6 Å². The number of rotatable bonds is 12. The fourth-order valence-electron chi connectivity index (χ4n) is 4.26. The van der Waals surface area contributed by atoms with Gasteiger partial charge in [0, 0.05) is 25.8 Å². The first-order valence-corrected chi connectivity index (χ1v) is 12.2. The summed E-state index contributed by atoms with van der Waals surface area (Å²) in [6.07, 6.45) is 4.12. The molecule has 38 heavy (non-hydrogen) atoms. The molecule has 0 bridgehead atoms. The molecule has 1 unspecified atom stereocenters. The predicted octanol–water partition coefficient (Wildman–Crippen LogP) is 3.35. The van der Waals surface area contributed by atoms with Crippen LogP contribution in [0.2, 0.25) is 0 Å². The minimum atomic E-state index is -0.968. The fraction of sp³-hybridized carbons (Fsp3) is 0.357. The summed E-state index contributed by atoms with van der Waals surface area (Å²) in [5, 5.41) is 23.0. The van der Waals surface area contributed by atoms with Crippen molar-refractivity contribution in [3.63, 3.8) is 0 Å². The van der Waals surface area contributed by atoms with E-state index in [9.17, 15) is 15.2 Å². The number of nitrogens with zero attached hydrogens (tertiary/aromatic N) is 4. The van der Waals surface area contributed by atoms with Crippen molar-refractivity contribution in [1.82, 2.24) is 19.9 Å². The van der Waals surface area contributed by atoms with Crippen LogP contribution in [0.5, 0.6) is 0 Å². The molecule has 0 fully saturated rings. The molecule has 0 saturated heterocycles. The van der Waals surface area contributed by atoms with Crippen molar-refractivity contribution in [2.75, 3.05) is 26.1 Å². The number of carbonyl (C=O) groups excluding carboxylic acids is 1. The normalized spacial score (nSPS) is 12.8. The lowest BCUT2D eigenvalue weighted by atomic mass is 9.99. The molecule has 2 aromatic heterocycles. The van der Waals surface area contributed by atoms with E-state index in [0.29, 0.717) is 35.3 Å². The maximum absolute atomic E-state index is 13.4. The molecule has 0 saturated carbocycles. The van der Waals surface area contributed by atoms with Crippen molar-refractivity contribution in [2.24, 2.45) is 0 Å². The fourth-order valence-corrected chi connectivity index (χ4v) is 4.26. The van der Waals surface area contributed by atoms with Crippen molar-refractivity contribution >= 4 is 28.8 Å². The maximum Gasteiger partial charge on any atom is 0.262 e. The average Bonchev–Trinajstić information content (AvgIpc) is 3.20. The maximum atomic E-state index is 13.4. The molecule has 3 aromatic rings. The van der Waals surface area contributed by atoms with Crippen LogP contribution in [0.3, 0.4) is 0 Å². The second kappa shape index (κ2) is 12.5. The van der Waals surface area contributed by atoms with E-state index in [2.05, 4.69) is 21.9 Å². The zero-order valence-corrected chi connectivity index (χ0v) is 22.2. The van der Waals surface area contributed by atoms with Crippen LogP contribution in [-0.4, -0.2) is 57.7 Å². The van der Waals surface area contributed by atoms with Gasteiger partial charge in [-0.05, 0) is 38.8 Å². The Morgan fingerprint density at radius 3 is 2.66 bits per heavy atom. The summed E-state index contributed by atoms with van der Waals surface area (Å²) in [7, 11) is 1.47. The smallest absolute Gasteiger partial charge is 0.262 e. The Labute approximate surface area is 222 Å². The molecular weight excluding hydrogens is 484 g/mol. The predicted molar refractivity (Wildman–Crippen MR) is 147 cm³/mol. The summed E-state index contributed by atoms with van der Waals surface area (Å²) in [4.78, 5) is 22.0. The second-order valence-electron chi connectivity index (χ2n) is 9.35. The number of ether oxygens (including phenoxy) is 2. The largest absolute Gasteiger partial charge is 0.396 e. The number of fused-ring (bicyclic) bond motifs is 1. The highest BCUT2D eigenvalue weighted by Crippen LogP contribution is 2.38. The molecule has 3 rings (SSSR count). The summed E-state index contributed by atoms with van der Waals surface area (Å²) in [5.41, 5.74) is 8.91. The Morgan fingerprint density at radius 1 is 1.34 bits per heavy atom. The van der Waals surface area contributed by atoms with E-state index in [4.69, 9.17) is 15.2 Å². The molecule has 10 heteroatoms. The summed E-state index contributed by atoms with van der Waals surface area (Å²) in [5.74, 6) is -0.330. The van der Waals surface area contributed by atoms with Gasteiger partial charge in [-0.3, -0.25) is 4.79 Å². The third kappa shape index (κ3) is 6.08. The molecule has 1 aromatic carbocycles. The summed E-state index contributed by atoms with van der Waals surface area (Å²) >= 11 is 0. The summed E-state index contributed by atoms with van der Waals surface area (Å²) < 4.78 is 12.9. The van der Waals surface area contributed by atoms with E-state index < -0.39 is 17.7 Å². The molecule has 200 valence electrons. The summed E-state index contributed by atoms with van der Waals surface area (Å²) in [6.45, 7) is 9.66. The molecule has 0 aliphatic rings. The number of amides is 1. The van der Waals surface area contributed by atoms with Crippen LogP contribution in [0.15, 0.2) is 48.8 Å². The van der Waals surface area contributed by atoms with Crippen LogP contribution in [0.1, 0.15) is 31.5 Å². The molecule has 0 aliphatic carbocycles. The summed E-state index contributed by atoms with van der Waals surface area (Å²) in [6, 6.07) is 9.85. The van der Waals surface area contributed by atoms with Gasteiger partial charge in [0.1, 0.15) is 29.4 Å². The van der Waals surface area contributed by atoms with Gasteiger partial charge >= 0.3 is 0 Å². The van der Waals surface area contributed by atoms with E-state index in [0.717, 1.165) is 11.1 Å². The lowest BCUT2D eigenvalue weighted by Crippen LogP contribution is -2.54. The Hall–Kier alpha value is -4.04. The van der Waals surface area contributed by atoms with E-state index in [1.807, 2.05) is 41.8 Å². The molecule has 0 spiro atoms. The number of aliphatic hydroxyl groups excluding tert-OH is 1. The van der Waals surface area contributed by atoms with Gasteiger partial charge in [0.15, 0.2) is 6.29 Å². The Kier molecular flexibility index (Phi) is 9.36. The number of hydrogen-bond acceptors (Lipinski definition) is 8. The van der Waals surface area contributed by atoms with Crippen LogP contribution in [-0.2, 0) is 20.8 Å². The number of hydrogen-bond donors (Lipinski definition) is 3. The van der Waals surface area contributed by atoms with Gasteiger partial charge in [0.2, 0.25) is 0 Å². The van der Waals surface area contributed by atoms with Crippen molar-refractivity contribution in [3.8, 4) is 17.2 Å². The first-order valence-electron chi connectivity index (χ1n) is 12.2. The number of methoxy groups -OCH3 is 1. The van der Waals surface area contributed by atoms with E-state index in [1.165, 1.54) is 19.5 Å². The van der Waals surface area contributed by atoms with Gasteiger partial charge in [-0.15, -0.1) is 6.58 Å². The number of benzene rings is 1. The Bertz CT molecular complexity index is 1370. The van der Waals surface area contributed by atoms with Gasteiger partial charge in [-0.1, -0.05) is 35.9 Å². The van der Waals surface area contributed by atoms with E-state index >= 15 is 0 Å². The molecule has 2 heterocycles. The zero-order valence-electron chi connectivity index (χ0n) is 22.2. The number of nitrogens with two attached hydrogens (primary N) is 1. The minimum Gasteiger partial charge on any atom is -0.396 e. The highest BCUT2D eigenvalue weighted by molar-refractivity contribution is 6.08. The van der Waals surface area contributed by atoms with Gasteiger partial charge in [-0.25, -0.2) is 9.97 Å². The van der Waals surface area contributed by atoms with Crippen LogP contribution >= 0.6 is 0 Å². The van der Waals surface area contributed by atoms with Gasteiger partial charge in [-0.2, -0.15) is 5.26 Å². The number of aromatic nitrogens is 3. The molecule has 10 nitrogen and oxygen atoms in total. The molecule has 0 radical (unpaired) electrons. The number of nitrogens with one attached hydrogen (secondary N) is 1. The average molecular weight is 519 g/mol. The second-order valence-corrected chi connectivity index (χ2v) is 9.35. The van der Waals surface area contributed by atoms with Crippen LogP contribution in [0.25, 0.3) is 28.2 Å². The van der Waals surface area contributed by atoms with Gasteiger partial charge in [0.25, 0.3) is 5.91 Å². The quantitative estimate of drug-likeness (QED) is 0.143. The van der Waals surface area contributed by atoms with Crippen molar-refractivity contribution in [1.29, 1.82) is 5.26 Å². The highest BCUT2D eigenvalue weighted by atomic mass is 16.7.